The first-order valence-corrected chi connectivity index (χ1v) is 10.0. The van der Waals surface area contributed by atoms with E-state index in [1.54, 1.807) is 0 Å². The molecule has 1 heterocycles. The smallest absolute Gasteiger partial charge is 0.118 e. The predicted octanol–water partition coefficient (Wildman–Crippen LogP) is 4.75. The van der Waals surface area contributed by atoms with Gasteiger partial charge in [-0.2, -0.15) is 4.91 Å². The summed E-state index contributed by atoms with van der Waals surface area (Å²) in [6.07, 6.45) is 11.0. The molecule has 3 heteroatoms. The lowest BCUT2D eigenvalue weighted by Crippen LogP contribution is -2.43. The van der Waals surface area contributed by atoms with E-state index in [0.29, 0.717) is 0 Å². The van der Waals surface area contributed by atoms with Crippen molar-refractivity contribution < 1.29 is 0 Å². The van der Waals surface area contributed by atoms with Gasteiger partial charge in [0.2, 0.25) is 0 Å². The van der Waals surface area contributed by atoms with E-state index in [2.05, 4.69) is 47.4 Å². The van der Waals surface area contributed by atoms with Crippen molar-refractivity contribution in [1.29, 1.82) is 0 Å². The highest BCUT2D eigenvalue weighted by Gasteiger charge is 2.46. The molecule has 1 aliphatic heterocycles. The van der Waals surface area contributed by atoms with Crippen LogP contribution in [0.5, 0.6) is 0 Å². The molecule has 1 spiro atoms. The minimum atomic E-state index is -0.128. The summed E-state index contributed by atoms with van der Waals surface area (Å²) in [5, 5.41) is 3.48. The van der Waals surface area contributed by atoms with Gasteiger partial charge < -0.3 is 4.90 Å². The van der Waals surface area contributed by atoms with Crippen LogP contribution in [0.4, 0.5) is 0 Å². The molecule has 25 heavy (non-hydrogen) atoms. The summed E-state index contributed by atoms with van der Waals surface area (Å²) in [4.78, 5) is 14.1. The van der Waals surface area contributed by atoms with E-state index >= 15 is 0 Å². The fourth-order valence-electron chi connectivity index (χ4n) is 6.20. The van der Waals surface area contributed by atoms with Crippen LogP contribution in [-0.2, 0) is 5.41 Å². The van der Waals surface area contributed by atoms with Gasteiger partial charge in [0.1, 0.15) is 6.04 Å². The summed E-state index contributed by atoms with van der Waals surface area (Å²) in [5.41, 5.74) is 4.07. The average Bonchev–Trinajstić information content (AvgIpc) is 3.31. The first kappa shape index (κ1) is 15.7. The Bertz CT molecular complexity index is 717. The molecule has 0 aromatic heterocycles. The van der Waals surface area contributed by atoms with Crippen LogP contribution in [0.3, 0.4) is 0 Å². The maximum absolute atomic E-state index is 11.4. The largest absolute Gasteiger partial charge is 0.303 e. The Balaban J connectivity index is 1.30. The Hall–Kier alpha value is -1.48. The van der Waals surface area contributed by atoms with Crippen molar-refractivity contribution in [3.05, 3.63) is 51.9 Å². The molecule has 4 aliphatic rings. The van der Waals surface area contributed by atoms with Gasteiger partial charge in [0, 0.05) is 12.0 Å². The van der Waals surface area contributed by atoms with E-state index in [1.165, 1.54) is 62.0 Å². The molecular formula is C22H28N2O. The number of fused-ring (bicyclic) bond motifs is 4. The van der Waals surface area contributed by atoms with Gasteiger partial charge in [-0.05, 0) is 81.0 Å². The van der Waals surface area contributed by atoms with Gasteiger partial charge in [0.25, 0.3) is 0 Å². The Labute approximate surface area is 150 Å². The van der Waals surface area contributed by atoms with Gasteiger partial charge in [0.05, 0.1) is 0 Å². The molecule has 0 amide bonds. The van der Waals surface area contributed by atoms with E-state index in [4.69, 9.17) is 0 Å². The number of hydrogen-bond donors (Lipinski definition) is 0. The predicted molar refractivity (Wildman–Crippen MR) is 101 cm³/mol. The number of hydrogen-bond acceptors (Lipinski definition) is 3. The standard InChI is InChI=1S/C22H28N2O/c1-15-2-5-20-19(10-15)21(23-25)13-22(20)6-8-24(9-7-22)14-18-12-16-3-4-17(18)11-16/h2-5,10,16-18,21H,6-9,11-14H2,1H3/t16-,17-,18?,21?/m0/s1. The molecular weight excluding hydrogens is 308 g/mol. The van der Waals surface area contributed by atoms with Crippen LogP contribution in [0, 0.1) is 29.6 Å². The SMILES string of the molecule is Cc1ccc2c(c1)C(N=O)CC21CCN(CC2C[C@H]3C=C[C@H]2C3)CC1. The van der Waals surface area contributed by atoms with Crippen molar-refractivity contribution in [3.8, 4) is 0 Å². The van der Waals surface area contributed by atoms with Gasteiger partial charge in [-0.3, -0.25) is 0 Å². The normalized spacial score (nSPS) is 35.4. The summed E-state index contributed by atoms with van der Waals surface area (Å²) < 4.78 is 0. The first-order valence-electron chi connectivity index (χ1n) is 10.0. The number of nitrogens with zero attached hydrogens (tertiary/aromatic N) is 2. The summed E-state index contributed by atoms with van der Waals surface area (Å²) >= 11 is 0. The van der Waals surface area contributed by atoms with Crippen LogP contribution in [0.1, 0.15) is 54.8 Å². The Morgan fingerprint density at radius 1 is 1.20 bits per heavy atom. The van der Waals surface area contributed by atoms with Crippen LogP contribution in [0.15, 0.2) is 35.5 Å². The number of benzene rings is 1. The second kappa shape index (κ2) is 5.77. The van der Waals surface area contributed by atoms with Crippen molar-refractivity contribution in [2.75, 3.05) is 19.6 Å². The number of piperidine rings is 1. The van der Waals surface area contributed by atoms with Gasteiger partial charge >= 0.3 is 0 Å². The molecule has 4 atom stereocenters. The molecule has 5 rings (SSSR count). The third-order valence-corrected chi connectivity index (χ3v) is 7.57. The van der Waals surface area contributed by atoms with Crippen molar-refractivity contribution in [2.24, 2.45) is 22.9 Å². The van der Waals surface area contributed by atoms with E-state index < -0.39 is 0 Å². The minimum absolute atomic E-state index is 0.128. The molecule has 3 nitrogen and oxygen atoms in total. The maximum atomic E-state index is 11.4. The minimum Gasteiger partial charge on any atom is -0.303 e. The van der Waals surface area contributed by atoms with Crippen LogP contribution < -0.4 is 0 Å². The molecule has 2 fully saturated rings. The summed E-state index contributed by atoms with van der Waals surface area (Å²) in [7, 11) is 0. The number of aryl methyl sites for hydroxylation is 1. The highest BCUT2D eigenvalue weighted by atomic mass is 16.3. The first-order chi connectivity index (χ1) is 12.2. The van der Waals surface area contributed by atoms with Gasteiger partial charge in [-0.15, -0.1) is 0 Å². The summed E-state index contributed by atoms with van der Waals surface area (Å²) in [5.74, 6) is 2.60. The van der Waals surface area contributed by atoms with E-state index in [1.807, 2.05) is 0 Å². The van der Waals surface area contributed by atoms with Crippen LogP contribution in [-0.4, -0.2) is 24.5 Å². The molecule has 0 N–H and O–H groups in total. The summed E-state index contributed by atoms with van der Waals surface area (Å²) in [6.45, 7) is 5.74. The topological polar surface area (TPSA) is 32.7 Å². The Morgan fingerprint density at radius 3 is 2.72 bits per heavy atom. The van der Waals surface area contributed by atoms with Crippen molar-refractivity contribution in [1.82, 2.24) is 4.90 Å². The number of likely N-dealkylation sites (tertiary alicyclic amines) is 1. The second-order valence-electron chi connectivity index (χ2n) is 9.04. The van der Waals surface area contributed by atoms with E-state index in [-0.39, 0.29) is 11.5 Å². The fourth-order valence-corrected chi connectivity index (χ4v) is 6.20. The van der Waals surface area contributed by atoms with E-state index in [0.717, 1.165) is 24.2 Å². The highest BCUT2D eigenvalue weighted by molar-refractivity contribution is 5.45. The lowest BCUT2D eigenvalue weighted by Gasteiger charge is -2.41. The zero-order valence-corrected chi connectivity index (χ0v) is 15.2. The average molecular weight is 336 g/mol. The molecule has 1 saturated heterocycles. The van der Waals surface area contributed by atoms with Crippen LogP contribution >= 0.6 is 0 Å². The quantitative estimate of drug-likeness (QED) is 0.589. The number of allylic oxidation sites excluding steroid dienone is 2. The van der Waals surface area contributed by atoms with Crippen molar-refractivity contribution >= 4 is 0 Å². The fraction of sp³-hybridized carbons (Fsp3) is 0.636. The molecule has 1 aromatic rings. The monoisotopic (exact) mass is 336 g/mol. The lowest BCUT2D eigenvalue weighted by molar-refractivity contribution is 0.130. The molecule has 2 unspecified atom stereocenters. The number of rotatable bonds is 3. The zero-order valence-electron chi connectivity index (χ0n) is 15.2. The van der Waals surface area contributed by atoms with Gasteiger partial charge in [0.15, 0.2) is 0 Å². The van der Waals surface area contributed by atoms with Crippen LogP contribution in [0.25, 0.3) is 0 Å². The van der Waals surface area contributed by atoms with Crippen molar-refractivity contribution in [3.63, 3.8) is 0 Å². The Kier molecular flexibility index (Phi) is 3.63. The molecule has 0 radical (unpaired) electrons. The van der Waals surface area contributed by atoms with Crippen LogP contribution in [0.2, 0.25) is 0 Å². The van der Waals surface area contributed by atoms with Crippen molar-refractivity contribution in [2.45, 2.75) is 50.5 Å². The van der Waals surface area contributed by atoms with E-state index in [9.17, 15) is 4.91 Å². The second-order valence-corrected chi connectivity index (χ2v) is 9.04. The third kappa shape index (κ3) is 2.51. The Morgan fingerprint density at radius 2 is 2.04 bits per heavy atom. The maximum Gasteiger partial charge on any atom is 0.118 e. The molecule has 1 aromatic carbocycles. The van der Waals surface area contributed by atoms with Gasteiger partial charge in [-0.1, -0.05) is 41.1 Å². The number of nitroso groups, excluding NO2 is 1. The molecule has 1 saturated carbocycles. The third-order valence-electron chi connectivity index (χ3n) is 7.57. The molecule has 3 aliphatic carbocycles. The highest BCUT2D eigenvalue weighted by Crippen LogP contribution is 2.52. The molecule has 132 valence electrons. The van der Waals surface area contributed by atoms with Gasteiger partial charge in [-0.25, -0.2) is 0 Å². The lowest BCUT2D eigenvalue weighted by atomic mass is 9.73. The zero-order chi connectivity index (χ0) is 17.0. The molecule has 2 bridgehead atoms. The summed E-state index contributed by atoms with van der Waals surface area (Å²) in [6, 6.07) is 6.56.